The lowest BCUT2D eigenvalue weighted by Gasteiger charge is -2.24. The normalized spacial score (nSPS) is 25.4. The summed E-state index contributed by atoms with van der Waals surface area (Å²) >= 11 is 0. The number of ether oxygens (including phenoxy) is 2. The van der Waals surface area contributed by atoms with Crippen molar-refractivity contribution < 1.29 is 14.3 Å². The second-order valence-electron chi connectivity index (χ2n) is 8.98. The van der Waals surface area contributed by atoms with Crippen molar-refractivity contribution in [3.05, 3.63) is 35.9 Å². The molecule has 0 spiro atoms. The molecule has 1 saturated carbocycles. The Morgan fingerprint density at radius 3 is 2.73 bits per heavy atom. The highest BCUT2D eigenvalue weighted by Crippen LogP contribution is 2.53. The van der Waals surface area contributed by atoms with Gasteiger partial charge in [-0.2, -0.15) is 10.1 Å². The average Bonchev–Trinajstić information content (AvgIpc) is 3.42. The molecule has 3 aromatic rings. The molecule has 1 amide bonds. The molecule has 5 rings (SSSR count). The fraction of sp³-hybridized carbons (Fsp3) is 0.524. The van der Waals surface area contributed by atoms with Gasteiger partial charge in [-0.25, -0.2) is 4.98 Å². The molecule has 9 heteroatoms. The Labute approximate surface area is 174 Å². The third-order valence-electron chi connectivity index (χ3n) is 6.05. The van der Waals surface area contributed by atoms with E-state index in [9.17, 15) is 4.79 Å². The number of hydrogen-bond donors (Lipinski definition) is 1. The van der Waals surface area contributed by atoms with Gasteiger partial charge in [-0.3, -0.25) is 13.9 Å². The van der Waals surface area contributed by atoms with Crippen LogP contribution in [0.15, 0.2) is 24.7 Å². The Kier molecular flexibility index (Phi) is 4.15. The van der Waals surface area contributed by atoms with Gasteiger partial charge in [0.15, 0.2) is 5.82 Å². The number of carbonyl (C=O) groups excluding carboxylic acids is 1. The highest BCUT2D eigenvalue weighted by atomic mass is 16.5. The molecule has 0 unspecified atom stereocenters. The summed E-state index contributed by atoms with van der Waals surface area (Å²) in [6.07, 6.45) is 8.39. The molecule has 2 aliphatic rings. The molecule has 2 fully saturated rings. The van der Waals surface area contributed by atoms with Crippen LogP contribution in [0.4, 0.5) is 5.82 Å². The third-order valence-corrected chi connectivity index (χ3v) is 6.05. The molecule has 3 aromatic heterocycles. The van der Waals surface area contributed by atoms with Crippen LogP contribution in [0.25, 0.3) is 5.78 Å². The molecular formula is C21H26N6O3. The Bertz CT molecular complexity index is 1120. The number of nitrogens with zero attached hydrogens (tertiary/aromatic N) is 5. The number of fused-ring (bicyclic) bond motifs is 3. The molecule has 1 saturated heterocycles. The summed E-state index contributed by atoms with van der Waals surface area (Å²) in [4.78, 5) is 22.3. The van der Waals surface area contributed by atoms with Crippen LogP contribution in [-0.4, -0.2) is 48.4 Å². The number of aromatic nitrogens is 5. The number of aryl methyl sites for hydroxylation is 1. The maximum atomic E-state index is 13.0. The maximum Gasteiger partial charge on any atom is 0.263 e. The van der Waals surface area contributed by atoms with Gasteiger partial charge in [0.05, 0.1) is 24.0 Å². The Hall–Kier alpha value is -2.94. The minimum absolute atomic E-state index is 0.0527. The standard InChI is InChI=1S/C21H26N6O3/c1-13(2)30-18-14(17(28)23-16-5-8-26(4)25-16)9-27-10-15(22-19(27)24-18)21-7-6-20(3,11-21)29-12-21/h5,8-10,13H,6-7,11-12H2,1-4H3,(H,23,25,28)/t20-,21-/m1/s1. The summed E-state index contributed by atoms with van der Waals surface area (Å²) in [5.41, 5.74) is 1.18. The fourth-order valence-corrected chi connectivity index (χ4v) is 4.54. The van der Waals surface area contributed by atoms with Crippen molar-refractivity contribution in [3.8, 4) is 5.88 Å². The van der Waals surface area contributed by atoms with Gasteiger partial charge in [0.1, 0.15) is 5.56 Å². The SMILES string of the molecule is CC(C)Oc1nc2nc([C@]34CC[C@](C)(C3)OC4)cn2cc1C(=O)Nc1ccn(C)n1. The highest BCUT2D eigenvalue weighted by Gasteiger charge is 2.55. The van der Waals surface area contributed by atoms with E-state index in [1.807, 2.05) is 20.0 Å². The summed E-state index contributed by atoms with van der Waals surface area (Å²) in [6.45, 7) is 6.65. The zero-order valence-corrected chi connectivity index (χ0v) is 17.7. The first-order valence-electron chi connectivity index (χ1n) is 10.3. The number of anilines is 1. The lowest BCUT2D eigenvalue weighted by atomic mass is 9.84. The van der Waals surface area contributed by atoms with Crippen LogP contribution >= 0.6 is 0 Å². The average molecular weight is 410 g/mol. The van der Waals surface area contributed by atoms with Gasteiger partial charge in [-0.1, -0.05) is 0 Å². The first-order valence-corrected chi connectivity index (χ1v) is 10.3. The van der Waals surface area contributed by atoms with Crippen molar-refractivity contribution in [3.63, 3.8) is 0 Å². The van der Waals surface area contributed by atoms with E-state index >= 15 is 0 Å². The van der Waals surface area contributed by atoms with Crippen LogP contribution in [0.5, 0.6) is 5.88 Å². The number of carbonyl (C=O) groups is 1. The highest BCUT2D eigenvalue weighted by molar-refractivity contribution is 6.05. The number of nitrogens with one attached hydrogen (secondary N) is 1. The second-order valence-corrected chi connectivity index (χ2v) is 8.98. The van der Waals surface area contributed by atoms with Gasteiger partial charge in [0.25, 0.3) is 5.91 Å². The topological polar surface area (TPSA) is 95.6 Å². The minimum Gasteiger partial charge on any atom is -0.474 e. The van der Waals surface area contributed by atoms with Crippen LogP contribution in [-0.2, 0) is 17.2 Å². The van der Waals surface area contributed by atoms with Crippen molar-refractivity contribution >= 4 is 17.5 Å². The smallest absolute Gasteiger partial charge is 0.263 e. The minimum atomic E-state index is -0.329. The van der Waals surface area contributed by atoms with Gasteiger partial charge in [0.2, 0.25) is 11.7 Å². The lowest BCUT2D eigenvalue weighted by Crippen LogP contribution is -2.26. The predicted molar refractivity (Wildman–Crippen MR) is 110 cm³/mol. The second kappa shape index (κ2) is 6.53. The maximum absolute atomic E-state index is 13.0. The van der Waals surface area contributed by atoms with Crippen molar-refractivity contribution in [2.75, 3.05) is 11.9 Å². The van der Waals surface area contributed by atoms with E-state index in [1.54, 1.807) is 34.6 Å². The zero-order chi connectivity index (χ0) is 21.1. The number of imidazole rings is 1. The van der Waals surface area contributed by atoms with E-state index in [-0.39, 0.29) is 28.9 Å². The van der Waals surface area contributed by atoms with E-state index in [0.29, 0.717) is 23.8 Å². The van der Waals surface area contributed by atoms with Gasteiger partial charge in [-0.15, -0.1) is 0 Å². The Morgan fingerprint density at radius 1 is 1.30 bits per heavy atom. The van der Waals surface area contributed by atoms with Crippen LogP contribution in [0, 0.1) is 0 Å². The molecule has 1 N–H and O–H groups in total. The van der Waals surface area contributed by atoms with Gasteiger partial charge in [0, 0.05) is 37.1 Å². The molecule has 4 heterocycles. The first-order chi connectivity index (χ1) is 14.3. The van der Waals surface area contributed by atoms with Gasteiger partial charge in [-0.05, 0) is 40.0 Å². The van der Waals surface area contributed by atoms with Crippen LogP contribution in [0.1, 0.15) is 56.1 Å². The summed E-state index contributed by atoms with van der Waals surface area (Å²) in [5, 5.41) is 7.01. The van der Waals surface area contributed by atoms with Crippen LogP contribution < -0.4 is 10.1 Å². The predicted octanol–water partition coefficient (Wildman–Crippen LogP) is 2.71. The molecule has 30 heavy (non-hydrogen) atoms. The summed E-state index contributed by atoms with van der Waals surface area (Å²) in [5.74, 6) is 0.922. The monoisotopic (exact) mass is 410 g/mol. The largest absolute Gasteiger partial charge is 0.474 e. The van der Waals surface area contributed by atoms with Gasteiger partial charge >= 0.3 is 0 Å². The molecular weight excluding hydrogens is 384 g/mol. The molecule has 1 aliphatic carbocycles. The molecule has 0 aromatic carbocycles. The van der Waals surface area contributed by atoms with E-state index < -0.39 is 0 Å². The summed E-state index contributed by atoms with van der Waals surface area (Å²) < 4.78 is 15.3. The van der Waals surface area contributed by atoms with Crippen LogP contribution in [0.3, 0.4) is 0 Å². The van der Waals surface area contributed by atoms with E-state index in [1.165, 1.54) is 0 Å². The summed E-state index contributed by atoms with van der Waals surface area (Å²) in [7, 11) is 1.80. The summed E-state index contributed by atoms with van der Waals surface area (Å²) in [6, 6.07) is 1.73. The van der Waals surface area contributed by atoms with E-state index in [4.69, 9.17) is 14.5 Å². The van der Waals surface area contributed by atoms with Gasteiger partial charge < -0.3 is 14.8 Å². The van der Waals surface area contributed by atoms with Crippen molar-refractivity contribution in [2.45, 2.75) is 57.2 Å². The van der Waals surface area contributed by atoms with E-state index in [0.717, 1.165) is 25.0 Å². The molecule has 1 aliphatic heterocycles. The lowest BCUT2D eigenvalue weighted by molar-refractivity contribution is -0.00627. The molecule has 2 atom stereocenters. The zero-order valence-electron chi connectivity index (χ0n) is 17.7. The molecule has 158 valence electrons. The molecule has 0 radical (unpaired) electrons. The van der Waals surface area contributed by atoms with E-state index in [2.05, 4.69) is 22.3 Å². The number of rotatable bonds is 5. The van der Waals surface area contributed by atoms with Crippen molar-refractivity contribution in [1.82, 2.24) is 24.1 Å². The van der Waals surface area contributed by atoms with Crippen molar-refractivity contribution in [1.29, 1.82) is 0 Å². The molecule has 9 nitrogen and oxygen atoms in total. The quantitative estimate of drug-likeness (QED) is 0.695. The number of amides is 1. The third kappa shape index (κ3) is 3.13. The first kappa shape index (κ1) is 19.0. The Balaban J connectivity index is 1.53. The Morgan fingerprint density at radius 2 is 2.13 bits per heavy atom. The van der Waals surface area contributed by atoms with Crippen molar-refractivity contribution in [2.24, 2.45) is 7.05 Å². The van der Waals surface area contributed by atoms with Crippen LogP contribution in [0.2, 0.25) is 0 Å². The fourth-order valence-electron chi connectivity index (χ4n) is 4.54. The number of hydrogen-bond acceptors (Lipinski definition) is 6. The molecule has 2 bridgehead atoms.